The number of anilines is 1. The summed E-state index contributed by atoms with van der Waals surface area (Å²) in [6.07, 6.45) is 2.81. The van der Waals surface area contributed by atoms with Crippen molar-refractivity contribution in [3.63, 3.8) is 0 Å². The zero-order valence-electron chi connectivity index (χ0n) is 10.8. The van der Waals surface area contributed by atoms with Crippen LogP contribution in [0.4, 0.5) is 11.5 Å². The number of hydrogen-bond acceptors (Lipinski definition) is 7. The molecule has 1 aliphatic rings. The van der Waals surface area contributed by atoms with Gasteiger partial charge in [-0.05, 0) is 24.4 Å². The summed E-state index contributed by atoms with van der Waals surface area (Å²) in [6, 6.07) is -0.174. The molecule has 1 atom stereocenters. The third-order valence-electron chi connectivity index (χ3n) is 3.20. The Morgan fingerprint density at radius 1 is 1.70 bits per heavy atom. The van der Waals surface area contributed by atoms with Crippen molar-refractivity contribution in [1.82, 2.24) is 9.97 Å². The van der Waals surface area contributed by atoms with Crippen molar-refractivity contribution in [2.45, 2.75) is 25.3 Å². The molecule has 8 nitrogen and oxygen atoms in total. The normalized spacial score (nSPS) is 18.1. The number of methoxy groups -OCH3 is 1. The van der Waals surface area contributed by atoms with Crippen molar-refractivity contribution in [3.8, 4) is 0 Å². The molecule has 1 aliphatic heterocycles. The first kappa shape index (κ1) is 14.4. The van der Waals surface area contributed by atoms with E-state index >= 15 is 0 Å². The summed E-state index contributed by atoms with van der Waals surface area (Å²) in [5.74, 6) is -0.203. The second-order valence-corrected chi connectivity index (χ2v) is 4.71. The molecule has 1 aromatic heterocycles. The number of ether oxygens (including phenoxy) is 1. The van der Waals surface area contributed by atoms with Gasteiger partial charge in [-0.3, -0.25) is 14.9 Å². The minimum atomic E-state index is -0.556. The largest absolute Gasteiger partial charge is 0.469 e. The van der Waals surface area contributed by atoms with Crippen LogP contribution in [0.1, 0.15) is 19.3 Å². The van der Waals surface area contributed by atoms with Crippen LogP contribution in [0.2, 0.25) is 5.28 Å². The van der Waals surface area contributed by atoms with Crippen LogP contribution in [-0.2, 0) is 9.53 Å². The fourth-order valence-electron chi connectivity index (χ4n) is 2.29. The van der Waals surface area contributed by atoms with Crippen molar-refractivity contribution in [1.29, 1.82) is 0 Å². The maximum absolute atomic E-state index is 11.4. The molecule has 9 heteroatoms. The third kappa shape index (κ3) is 2.96. The van der Waals surface area contributed by atoms with Gasteiger partial charge in [0.1, 0.15) is 6.20 Å². The van der Waals surface area contributed by atoms with E-state index in [0.29, 0.717) is 6.54 Å². The van der Waals surface area contributed by atoms with Gasteiger partial charge < -0.3 is 9.64 Å². The number of aromatic nitrogens is 2. The highest BCUT2D eigenvalue weighted by Crippen LogP contribution is 2.33. The van der Waals surface area contributed by atoms with E-state index in [9.17, 15) is 14.9 Å². The van der Waals surface area contributed by atoms with E-state index in [1.807, 2.05) is 0 Å². The summed E-state index contributed by atoms with van der Waals surface area (Å²) in [6.45, 7) is 0.579. The Hall–Kier alpha value is -1.96. The van der Waals surface area contributed by atoms with Gasteiger partial charge in [0, 0.05) is 12.6 Å². The highest BCUT2D eigenvalue weighted by atomic mass is 35.5. The molecule has 0 spiro atoms. The lowest BCUT2D eigenvalue weighted by Crippen LogP contribution is -2.32. The molecule has 0 bridgehead atoms. The number of nitrogens with zero attached hydrogens (tertiary/aromatic N) is 4. The van der Waals surface area contributed by atoms with E-state index in [1.165, 1.54) is 7.11 Å². The summed E-state index contributed by atoms with van der Waals surface area (Å²) >= 11 is 5.72. The standard InChI is InChI=1S/C11H13ClN4O4/c1-20-9(17)5-7-3-2-4-15(7)10-8(16(18)19)6-13-11(12)14-10/h6-7H,2-5H2,1H3/t7-/m1/s1. The molecule has 1 aromatic rings. The Morgan fingerprint density at radius 3 is 3.10 bits per heavy atom. The highest BCUT2D eigenvalue weighted by molar-refractivity contribution is 6.28. The number of nitro groups is 1. The van der Waals surface area contributed by atoms with E-state index in [0.717, 1.165) is 19.0 Å². The predicted octanol–water partition coefficient (Wildman–Crippen LogP) is 1.57. The molecule has 108 valence electrons. The van der Waals surface area contributed by atoms with Crippen LogP contribution in [0.15, 0.2) is 6.20 Å². The van der Waals surface area contributed by atoms with E-state index in [1.54, 1.807) is 4.90 Å². The molecule has 0 unspecified atom stereocenters. The van der Waals surface area contributed by atoms with Gasteiger partial charge >= 0.3 is 11.7 Å². The number of halogens is 1. The fraction of sp³-hybridized carbons (Fsp3) is 0.545. The van der Waals surface area contributed by atoms with Gasteiger partial charge in [0.25, 0.3) is 0 Å². The molecule has 0 aliphatic carbocycles. The predicted molar refractivity (Wildman–Crippen MR) is 70.7 cm³/mol. The van der Waals surface area contributed by atoms with Gasteiger partial charge in [-0.2, -0.15) is 4.98 Å². The van der Waals surface area contributed by atoms with Crippen LogP contribution in [0, 0.1) is 10.1 Å². The lowest BCUT2D eigenvalue weighted by molar-refractivity contribution is -0.384. The van der Waals surface area contributed by atoms with Gasteiger partial charge in [0.15, 0.2) is 0 Å². The smallest absolute Gasteiger partial charge is 0.329 e. The number of esters is 1. The monoisotopic (exact) mass is 300 g/mol. The van der Waals surface area contributed by atoms with E-state index < -0.39 is 4.92 Å². The molecule has 2 rings (SSSR count). The van der Waals surface area contributed by atoms with Crippen molar-refractivity contribution >= 4 is 29.1 Å². The second kappa shape index (κ2) is 6.00. The molecule has 0 aromatic carbocycles. The maximum Gasteiger partial charge on any atom is 0.329 e. The van der Waals surface area contributed by atoms with Crippen molar-refractivity contribution in [3.05, 3.63) is 21.6 Å². The quantitative estimate of drug-likeness (QED) is 0.360. The Labute approximate surface area is 119 Å². The highest BCUT2D eigenvalue weighted by Gasteiger charge is 2.33. The van der Waals surface area contributed by atoms with Crippen molar-refractivity contribution in [2.24, 2.45) is 0 Å². The van der Waals surface area contributed by atoms with Crippen LogP contribution < -0.4 is 4.90 Å². The summed E-state index contributed by atoms with van der Waals surface area (Å²) in [4.78, 5) is 31.2. The van der Waals surface area contributed by atoms with Gasteiger partial charge in [-0.25, -0.2) is 4.98 Å². The number of carbonyl (C=O) groups is 1. The van der Waals surface area contributed by atoms with E-state index in [2.05, 4.69) is 14.7 Å². The maximum atomic E-state index is 11.4. The number of carbonyl (C=O) groups excluding carboxylic acids is 1. The Morgan fingerprint density at radius 2 is 2.45 bits per heavy atom. The minimum absolute atomic E-state index is 0.0608. The Bertz CT molecular complexity index is 539. The number of hydrogen-bond donors (Lipinski definition) is 0. The molecule has 1 saturated heterocycles. The first-order chi connectivity index (χ1) is 9.52. The van der Waals surface area contributed by atoms with Crippen LogP contribution in [-0.4, -0.2) is 40.6 Å². The summed E-state index contributed by atoms with van der Waals surface area (Å²) in [5, 5.41) is 11.0. The zero-order chi connectivity index (χ0) is 14.7. The van der Waals surface area contributed by atoms with Crippen molar-refractivity contribution < 1.29 is 14.5 Å². The topological polar surface area (TPSA) is 98.5 Å². The third-order valence-corrected chi connectivity index (χ3v) is 3.38. The van der Waals surface area contributed by atoms with Crippen LogP contribution in [0.5, 0.6) is 0 Å². The minimum Gasteiger partial charge on any atom is -0.469 e. The van der Waals surface area contributed by atoms with Gasteiger partial charge in [-0.15, -0.1) is 0 Å². The second-order valence-electron chi connectivity index (χ2n) is 4.37. The molecule has 0 radical (unpaired) electrons. The number of rotatable bonds is 4. The summed E-state index contributed by atoms with van der Waals surface area (Å²) < 4.78 is 4.64. The zero-order valence-corrected chi connectivity index (χ0v) is 11.5. The van der Waals surface area contributed by atoms with Crippen LogP contribution in [0.25, 0.3) is 0 Å². The molecule has 2 heterocycles. The summed E-state index contributed by atoms with van der Waals surface area (Å²) in [5.41, 5.74) is -0.217. The average molecular weight is 301 g/mol. The Balaban J connectivity index is 2.31. The Kier molecular flexibility index (Phi) is 4.33. The molecule has 0 N–H and O–H groups in total. The molecular formula is C11H13ClN4O4. The molecule has 0 saturated carbocycles. The van der Waals surface area contributed by atoms with Crippen molar-refractivity contribution in [2.75, 3.05) is 18.6 Å². The average Bonchev–Trinajstić information content (AvgIpc) is 2.86. The van der Waals surface area contributed by atoms with Gasteiger partial charge in [0.05, 0.1) is 18.5 Å². The first-order valence-corrected chi connectivity index (χ1v) is 6.41. The lowest BCUT2D eigenvalue weighted by atomic mass is 10.1. The molecule has 0 amide bonds. The van der Waals surface area contributed by atoms with Crippen LogP contribution in [0.3, 0.4) is 0 Å². The van der Waals surface area contributed by atoms with Crippen LogP contribution >= 0.6 is 11.6 Å². The first-order valence-electron chi connectivity index (χ1n) is 6.03. The van der Waals surface area contributed by atoms with E-state index in [4.69, 9.17) is 11.6 Å². The summed E-state index contributed by atoms with van der Waals surface area (Å²) in [7, 11) is 1.31. The molecular weight excluding hydrogens is 288 g/mol. The molecule has 20 heavy (non-hydrogen) atoms. The lowest BCUT2D eigenvalue weighted by Gasteiger charge is -2.24. The fourth-order valence-corrected chi connectivity index (χ4v) is 2.42. The van der Waals surface area contributed by atoms with E-state index in [-0.39, 0.29) is 35.2 Å². The SMILES string of the molecule is COC(=O)C[C@H]1CCCN1c1nc(Cl)ncc1[N+](=O)[O-]. The molecule has 1 fully saturated rings. The van der Waals surface area contributed by atoms with Gasteiger partial charge in [0.2, 0.25) is 11.1 Å². The van der Waals surface area contributed by atoms with Gasteiger partial charge in [-0.1, -0.05) is 0 Å².